The second kappa shape index (κ2) is 9.50. The van der Waals surface area contributed by atoms with Gasteiger partial charge < -0.3 is 21.3 Å². The summed E-state index contributed by atoms with van der Waals surface area (Å²) in [5.41, 5.74) is 8.29. The quantitative estimate of drug-likeness (QED) is 0.414. The second-order valence-electron chi connectivity index (χ2n) is 7.22. The van der Waals surface area contributed by atoms with Crippen molar-refractivity contribution in [3.63, 3.8) is 0 Å². The predicted molar refractivity (Wildman–Crippen MR) is 116 cm³/mol. The van der Waals surface area contributed by atoms with Gasteiger partial charge in [0, 0.05) is 49.5 Å². The first-order valence-corrected chi connectivity index (χ1v) is 10.2. The minimum Gasteiger partial charge on any atom is -0.384 e. The lowest BCUT2D eigenvalue weighted by atomic mass is 10.1. The van der Waals surface area contributed by atoms with Crippen LogP contribution >= 0.6 is 0 Å². The van der Waals surface area contributed by atoms with Crippen molar-refractivity contribution in [1.82, 2.24) is 15.3 Å². The number of nitrogens with zero attached hydrogens (tertiary/aromatic N) is 3. The topological polar surface area (TPSA) is 103 Å². The maximum atomic E-state index is 7.91. The fraction of sp³-hybridized carbons (Fsp3) is 0.476. The largest absolute Gasteiger partial charge is 0.384 e. The molecule has 1 unspecified atom stereocenters. The molecule has 1 saturated heterocycles. The van der Waals surface area contributed by atoms with Crippen LogP contribution < -0.4 is 21.3 Å². The van der Waals surface area contributed by atoms with Gasteiger partial charge in [0.2, 0.25) is 0 Å². The molecule has 7 nitrogen and oxygen atoms in total. The number of pyridine rings is 2. The van der Waals surface area contributed by atoms with E-state index in [2.05, 4.69) is 34.4 Å². The molecule has 1 atom stereocenters. The second-order valence-corrected chi connectivity index (χ2v) is 7.22. The Labute approximate surface area is 167 Å². The molecular weight excluding hydrogens is 350 g/mol. The lowest BCUT2D eigenvalue weighted by Gasteiger charge is -2.29. The summed E-state index contributed by atoms with van der Waals surface area (Å²) in [5.74, 6) is 1.78. The molecule has 1 fully saturated rings. The molecule has 0 aromatic carbocycles. The van der Waals surface area contributed by atoms with Crippen LogP contribution in [0.5, 0.6) is 0 Å². The highest BCUT2D eigenvalue weighted by molar-refractivity contribution is 5.96. The van der Waals surface area contributed by atoms with E-state index in [4.69, 9.17) is 16.1 Å². The van der Waals surface area contributed by atoms with Crippen molar-refractivity contribution in [3.05, 3.63) is 36.0 Å². The highest BCUT2D eigenvalue weighted by Gasteiger charge is 2.16. The number of piperazine rings is 1. The van der Waals surface area contributed by atoms with Crippen molar-refractivity contribution in [1.29, 1.82) is 5.41 Å². The van der Waals surface area contributed by atoms with Crippen LogP contribution in [-0.2, 0) is 0 Å². The number of hydrogen-bond acceptors (Lipinski definition) is 6. The highest BCUT2D eigenvalue weighted by atomic mass is 15.2. The maximum absolute atomic E-state index is 7.91. The summed E-state index contributed by atoms with van der Waals surface area (Å²) >= 11 is 0. The Morgan fingerprint density at radius 1 is 1.29 bits per heavy atom. The van der Waals surface area contributed by atoms with Crippen molar-refractivity contribution in [2.75, 3.05) is 36.4 Å². The summed E-state index contributed by atoms with van der Waals surface area (Å²) in [6.07, 6.45) is 5.13. The zero-order valence-corrected chi connectivity index (χ0v) is 16.8. The van der Waals surface area contributed by atoms with Gasteiger partial charge in [-0.05, 0) is 37.1 Å². The number of nitrogens with one attached hydrogen (secondary N) is 3. The van der Waals surface area contributed by atoms with Gasteiger partial charge in [0.15, 0.2) is 0 Å². The fourth-order valence-electron chi connectivity index (χ4n) is 3.48. The molecule has 3 rings (SSSR count). The van der Waals surface area contributed by atoms with Crippen LogP contribution in [0.2, 0.25) is 0 Å². The van der Waals surface area contributed by atoms with Gasteiger partial charge >= 0.3 is 0 Å². The average Bonchev–Trinajstić information content (AvgIpc) is 2.74. The van der Waals surface area contributed by atoms with E-state index in [9.17, 15) is 0 Å². The van der Waals surface area contributed by atoms with Crippen LogP contribution in [0.25, 0.3) is 11.3 Å². The Hall–Kier alpha value is -2.67. The molecule has 0 amide bonds. The number of hydrogen-bond donors (Lipinski definition) is 4. The van der Waals surface area contributed by atoms with Crippen LogP contribution in [0.4, 0.5) is 11.6 Å². The normalized spacial score (nSPS) is 15.3. The van der Waals surface area contributed by atoms with Gasteiger partial charge in [0.05, 0.1) is 5.69 Å². The van der Waals surface area contributed by atoms with Crippen LogP contribution in [0.3, 0.4) is 0 Å². The van der Waals surface area contributed by atoms with Gasteiger partial charge in [0.25, 0.3) is 0 Å². The lowest BCUT2D eigenvalue weighted by molar-refractivity contribution is 0.585. The van der Waals surface area contributed by atoms with Gasteiger partial charge in [-0.15, -0.1) is 0 Å². The molecule has 1 aliphatic heterocycles. The molecule has 0 spiro atoms. The summed E-state index contributed by atoms with van der Waals surface area (Å²) in [5, 5.41) is 14.8. The molecule has 3 heterocycles. The van der Waals surface area contributed by atoms with Gasteiger partial charge in [-0.2, -0.15) is 0 Å². The van der Waals surface area contributed by atoms with E-state index in [1.54, 1.807) is 0 Å². The standard InChI is InChI=1S/C21H31N7/c1-3-5-17(4-2)26-19-13-15(6-7-25-19)18-12-16(21(22)23)14-20(27-18)28-10-8-24-9-11-28/h6-7,12-14,17,24H,3-5,8-11H2,1-2H3,(H3,22,23)(H,25,26). The maximum Gasteiger partial charge on any atom is 0.130 e. The molecule has 0 bridgehead atoms. The predicted octanol–water partition coefficient (Wildman–Crippen LogP) is 2.83. The monoisotopic (exact) mass is 381 g/mol. The average molecular weight is 382 g/mol. The Morgan fingerprint density at radius 3 is 2.75 bits per heavy atom. The third-order valence-electron chi connectivity index (χ3n) is 5.10. The van der Waals surface area contributed by atoms with Crippen LogP contribution in [0.1, 0.15) is 38.7 Å². The van der Waals surface area contributed by atoms with E-state index in [1.807, 2.05) is 30.5 Å². The fourth-order valence-corrected chi connectivity index (χ4v) is 3.48. The van der Waals surface area contributed by atoms with Crippen molar-refractivity contribution in [2.45, 2.75) is 39.2 Å². The van der Waals surface area contributed by atoms with E-state index in [1.165, 1.54) is 0 Å². The molecule has 28 heavy (non-hydrogen) atoms. The Morgan fingerprint density at radius 2 is 2.07 bits per heavy atom. The van der Waals surface area contributed by atoms with Crippen molar-refractivity contribution >= 4 is 17.5 Å². The van der Waals surface area contributed by atoms with E-state index >= 15 is 0 Å². The summed E-state index contributed by atoms with van der Waals surface area (Å²) in [7, 11) is 0. The SMILES string of the molecule is CCCC(CC)Nc1cc(-c2cc(C(=N)N)cc(N3CCNCC3)n2)ccn1. The Kier molecular flexibility index (Phi) is 6.81. The number of amidine groups is 1. The molecule has 0 radical (unpaired) electrons. The van der Waals surface area contributed by atoms with E-state index in [-0.39, 0.29) is 5.84 Å². The van der Waals surface area contributed by atoms with Gasteiger partial charge in [-0.3, -0.25) is 5.41 Å². The Balaban J connectivity index is 1.92. The van der Waals surface area contributed by atoms with Crippen LogP contribution in [0.15, 0.2) is 30.5 Å². The van der Waals surface area contributed by atoms with Gasteiger partial charge in [-0.25, -0.2) is 9.97 Å². The van der Waals surface area contributed by atoms with Crippen molar-refractivity contribution in [3.8, 4) is 11.3 Å². The molecule has 2 aromatic rings. The summed E-state index contributed by atoms with van der Waals surface area (Å²) < 4.78 is 0. The number of aromatic nitrogens is 2. The van der Waals surface area contributed by atoms with Crippen LogP contribution in [-0.4, -0.2) is 48.0 Å². The number of nitrogens with two attached hydrogens (primary N) is 1. The third-order valence-corrected chi connectivity index (χ3v) is 5.10. The summed E-state index contributed by atoms with van der Waals surface area (Å²) in [4.78, 5) is 11.6. The number of rotatable bonds is 8. The smallest absolute Gasteiger partial charge is 0.130 e. The minimum atomic E-state index is 0.0569. The first-order valence-electron chi connectivity index (χ1n) is 10.2. The minimum absolute atomic E-state index is 0.0569. The summed E-state index contributed by atoms with van der Waals surface area (Å²) in [6, 6.07) is 8.20. The zero-order chi connectivity index (χ0) is 19.9. The van der Waals surface area contributed by atoms with E-state index in [0.717, 1.165) is 68.3 Å². The van der Waals surface area contributed by atoms with Gasteiger partial charge in [0.1, 0.15) is 17.5 Å². The molecule has 0 aliphatic carbocycles. The number of anilines is 2. The van der Waals surface area contributed by atoms with Crippen molar-refractivity contribution in [2.24, 2.45) is 5.73 Å². The molecule has 1 aliphatic rings. The lowest BCUT2D eigenvalue weighted by Crippen LogP contribution is -2.44. The highest BCUT2D eigenvalue weighted by Crippen LogP contribution is 2.25. The van der Waals surface area contributed by atoms with Crippen LogP contribution in [0, 0.1) is 5.41 Å². The van der Waals surface area contributed by atoms with Crippen molar-refractivity contribution < 1.29 is 0 Å². The first kappa shape index (κ1) is 20.1. The first-order chi connectivity index (χ1) is 13.6. The molecule has 150 valence electrons. The molecule has 2 aromatic heterocycles. The zero-order valence-electron chi connectivity index (χ0n) is 16.8. The number of nitrogen functional groups attached to an aromatic ring is 1. The summed E-state index contributed by atoms with van der Waals surface area (Å²) in [6.45, 7) is 8.04. The Bertz CT molecular complexity index is 799. The third kappa shape index (κ3) is 4.98. The van der Waals surface area contributed by atoms with Gasteiger partial charge in [-0.1, -0.05) is 20.3 Å². The molecule has 0 saturated carbocycles. The van der Waals surface area contributed by atoms with E-state index < -0.39 is 0 Å². The molecule has 7 heteroatoms. The molecule has 5 N–H and O–H groups in total. The van der Waals surface area contributed by atoms with E-state index in [0.29, 0.717) is 11.6 Å². The molecular formula is C21H31N7.